The molecule has 0 unspecified atom stereocenters. The number of nitrogens with one attached hydrogen (secondary N) is 2. The summed E-state index contributed by atoms with van der Waals surface area (Å²) in [6, 6.07) is 10.6. The molecule has 0 fully saturated rings. The van der Waals surface area contributed by atoms with Gasteiger partial charge in [0.05, 0.1) is 0 Å². The quantitative estimate of drug-likeness (QED) is 0.745. The second-order valence-electron chi connectivity index (χ2n) is 5.61. The van der Waals surface area contributed by atoms with Crippen molar-refractivity contribution in [3.63, 3.8) is 0 Å². The van der Waals surface area contributed by atoms with Gasteiger partial charge in [-0.2, -0.15) is 0 Å². The number of rotatable bonds is 6. The van der Waals surface area contributed by atoms with Crippen LogP contribution < -0.4 is 11.1 Å². The van der Waals surface area contributed by atoms with Crippen molar-refractivity contribution in [1.82, 2.24) is 10.3 Å². The SMILES string of the molecule is CC(C)(CNCc1cccc(CN)c1)c1cc[nH]c1. The number of hydrogen-bond acceptors (Lipinski definition) is 2. The first-order valence-electron chi connectivity index (χ1n) is 6.74. The highest BCUT2D eigenvalue weighted by atomic mass is 14.9. The van der Waals surface area contributed by atoms with Crippen molar-refractivity contribution in [2.75, 3.05) is 6.54 Å². The lowest BCUT2D eigenvalue weighted by atomic mass is 9.86. The molecule has 0 radical (unpaired) electrons. The highest BCUT2D eigenvalue weighted by molar-refractivity contribution is 5.24. The van der Waals surface area contributed by atoms with Gasteiger partial charge in [0.25, 0.3) is 0 Å². The van der Waals surface area contributed by atoms with Crippen molar-refractivity contribution in [1.29, 1.82) is 0 Å². The predicted molar refractivity (Wildman–Crippen MR) is 79.9 cm³/mol. The maximum Gasteiger partial charge on any atom is 0.0205 e. The maximum atomic E-state index is 5.66. The molecule has 1 aromatic carbocycles. The van der Waals surface area contributed by atoms with Crippen LogP contribution in [0.1, 0.15) is 30.5 Å². The molecule has 19 heavy (non-hydrogen) atoms. The molecule has 0 amide bonds. The van der Waals surface area contributed by atoms with E-state index in [1.54, 1.807) is 0 Å². The summed E-state index contributed by atoms with van der Waals surface area (Å²) in [6.07, 6.45) is 4.04. The normalized spacial score (nSPS) is 11.7. The van der Waals surface area contributed by atoms with Crippen molar-refractivity contribution in [3.05, 3.63) is 59.4 Å². The van der Waals surface area contributed by atoms with Gasteiger partial charge in [-0.3, -0.25) is 0 Å². The summed E-state index contributed by atoms with van der Waals surface area (Å²) in [6.45, 7) is 6.92. The topological polar surface area (TPSA) is 53.8 Å². The summed E-state index contributed by atoms with van der Waals surface area (Å²) in [7, 11) is 0. The third kappa shape index (κ3) is 3.69. The zero-order valence-electron chi connectivity index (χ0n) is 11.7. The minimum atomic E-state index is 0.130. The Morgan fingerprint density at radius 1 is 1.21 bits per heavy atom. The van der Waals surface area contributed by atoms with E-state index in [0.717, 1.165) is 13.1 Å². The first-order chi connectivity index (χ1) is 9.12. The fourth-order valence-corrected chi connectivity index (χ4v) is 2.23. The molecule has 2 rings (SSSR count). The highest BCUT2D eigenvalue weighted by Gasteiger charge is 2.20. The van der Waals surface area contributed by atoms with Gasteiger partial charge in [0.2, 0.25) is 0 Å². The number of aromatic nitrogens is 1. The average Bonchev–Trinajstić information content (AvgIpc) is 2.93. The molecular formula is C16H23N3. The predicted octanol–water partition coefficient (Wildman–Crippen LogP) is 2.54. The molecule has 2 aromatic rings. The molecule has 4 N–H and O–H groups in total. The lowest BCUT2D eigenvalue weighted by Crippen LogP contribution is -2.32. The van der Waals surface area contributed by atoms with E-state index in [-0.39, 0.29) is 5.41 Å². The van der Waals surface area contributed by atoms with Crippen LogP contribution in [0.15, 0.2) is 42.7 Å². The first kappa shape index (κ1) is 13.8. The molecule has 0 bridgehead atoms. The van der Waals surface area contributed by atoms with E-state index >= 15 is 0 Å². The highest BCUT2D eigenvalue weighted by Crippen LogP contribution is 2.21. The minimum absolute atomic E-state index is 0.130. The van der Waals surface area contributed by atoms with E-state index in [1.807, 2.05) is 6.20 Å². The van der Waals surface area contributed by atoms with Crippen molar-refractivity contribution >= 4 is 0 Å². The molecular weight excluding hydrogens is 234 g/mol. The van der Waals surface area contributed by atoms with Gasteiger partial charge in [0, 0.05) is 37.4 Å². The molecule has 102 valence electrons. The summed E-state index contributed by atoms with van der Waals surface area (Å²) in [4.78, 5) is 3.12. The zero-order valence-corrected chi connectivity index (χ0v) is 11.7. The summed E-state index contributed by atoms with van der Waals surface area (Å²) in [5.41, 5.74) is 9.59. The Kier molecular flexibility index (Phi) is 4.40. The number of benzene rings is 1. The Morgan fingerprint density at radius 2 is 2.00 bits per heavy atom. The van der Waals surface area contributed by atoms with Crippen LogP contribution in [0.5, 0.6) is 0 Å². The van der Waals surface area contributed by atoms with Crippen LogP contribution in [0.2, 0.25) is 0 Å². The molecule has 1 aromatic heterocycles. The fourth-order valence-electron chi connectivity index (χ4n) is 2.23. The molecule has 0 saturated heterocycles. The van der Waals surface area contributed by atoms with E-state index in [2.05, 4.69) is 60.7 Å². The minimum Gasteiger partial charge on any atom is -0.367 e. The molecule has 1 heterocycles. The van der Waals surface area contributed by atoms with E-state index in [1.165, 1.54) is 16.7 Å². The monoisotopic (exact) mass is 257 g/mol. The molecule has 0 atom stereocenters. The molecule has 0 saturated carbocycles. The average molecular weight is 257 g/mol. The van der Waals surface area contributed by atoms with Crippen LogP contribution in [-0.2, 0) is 18.5 Å². The lowest BCUT2D eigenvalue weighted by Gasteiger charge is -2.24. The number of nitrogens with two attached hydrogens (primary N) is 1. The Bertz CT molecular complexity index is 500. The second-order valence-corrected chi connectivity index (χ2v) is 5.61. The Labute approximate surface area is 115 Å². The van der Waals surface area contributed by atoms with Gasteiger partial charge in [-0.15, -0.1) is 0 Å². The second kappa shape index (κ2) is 6.04. The van der Waals surface area contributed by atoms with Gasteiger partial charge < -0.3 is 16.0 Å². The summed E-state index contributed by atoms with van der Waals surface area (Å²) >= 11 is 0. The van der Waals surface area contributed by atoms with Gasteiger partial charge in [-0.1, -0.05) is 38.1 Å². The van der Waals surface area contributed by atoms with Crippen LogP contribution in [0, 0.1) is 0 Å². The van der Waals surface area contributed by atoms with Gasteiger partial charge in [-0.25, -0.2) is 0 Å². The zero-order chi connectivity index (χ0) is 13.7. The molecule has 3 nitrogen and oxygen atoms in total. The van der Waals surface area contributed by atoms with Crippen LogP contribution in [-0.4, -0.2) is 11.5 Å². The van der Waals surface area contributed by atoms with Gasteiger partial charge in [0.1, 0.15) is 0 Å². The Morgan fingerprint density at radius 3 is 2.68 bits per heavy atom. The van der Waals surface area contributed by atoms with Gasteiger partial charge >= 0.3 is 0 Å². The van der Waals surface area contributed by atoms with Gasteiger partial charge in [0.15, 0.2) is 0 Å². The van der Waals surface area contributed by atoms with Crippen molar-refractivity contribution in [2.24, 2.45) is 5.73 Å². The third-order valence-corrected chi connectivity index (χ3v) is 3.50. The van der Waals surface area contributed by atoms with E-state index in [9.17, 15) is 0 Å². The molecule has 0 aliphatic heterocycles. The van der Waals surface area contributed by atoms with Crippen LogP contribution in [0.25, 0.3) is 0 Å². The van der Waals surface area contributed by atoms with Crippen molar-refractivity contribution < 1.29 is 0 Å². The molecule has 0 spiro atoms. The van der Waals surface area contributed by atoms with Crippen molar-refractivity contribution in [2.45, 2.75) is 32.4 Å². The molecule has 0 aliphatic carbocycles. The van der Waals surface area contributed by atoms with E-state index in [0.29, 0.717) is 6.54 Å². The summed E-state index contributed by atoms with van der Waals surface area (Å²) < 4.78 is 0. The smallest absolute Gasteiger partial charge is 0.0205 e. The van der Waals surface area contributed by atoms with Crippen LogP contribution in [0.4, 0.5) is 0 Å². The summed E-state index contributed by atoms with van der Waals surface area (Å²) in [5, 5.41) is 3.53. The summed E-state index contributed by atoms with van der Waals surface area (Å²) in [5.74, 6) is 0. The molecule has 0 aliphatic rings. The van der Waals surface area contributed by atoms with Crippen LogP contribution >= 0.6 is 0 Å². The molecule has 3 heteroatoms. The number of aromatic amines is 1. The van der Waals surface area contributed by atoms with Crippen molar-refractivity contribution in [3.8, 4) is 0 Å². The maximum absolute atomic E-state index is 5.66. The van der Waals surface area contributed by atoms with Gasteiger partial charge in [-0.05, 0) is 22.8 Å². The van der Waals surface area contributed by atoms with E-state index < -0.39 is 0 Å². The van der Waals surface area contributed by atoms with E-state index in [4.69, 9.17) is 5.73 Å². The largest absolute Gasteiger partial charge is 0.367 e. The first-order valence-corrected chi connectivity index (χ1v) is 6.74. The third-order valence-electron chi connectivity index (χ3n) is 3.50. The fraction of sp³-hybridized carbons (Fsp3) is 0.375. The number of hydrogen-bond donors (Lipinski definition) is 3. The standard InChI is InChI=1S/C16H23N3/c1-16(2,15-6-7-18-11-15)12-19-10-14-5-3-4-13(8-14)9-17/h3-8,11,18-19H,9-10,12,17H2,1-2H3. The Hall–Kier alpha value is -1.58. The lowest BCUT2D eigenvalue weighted by molar-refractivity contribution is 0.469. The van der Waals surface area contributed by atoms with Crippen LogP contribution in [0.3, 0.4) is 0 Å². The Balaban J connectivity index is 1.89. The number of H-pyrrole nitrogens is 1.